The van der Waals surface area contributed by atoms with Crippen LogP contribution in [0.2, 0.25) is 0 Å². The number of nitrogens with zero attached hydrogens (tertiary/aromatic N) is 3. The van der Waals surface area contributed by atoms with Crippen molar-refractivity contribution in [2.45, 2.75) is 6.42 Å². The molecule has 0 saturated heterocycles. The van der Waals surface area contributed by atoms with Crippen LogP contribution in [0.25, 0.3) is 0 Å². The van der Waals surface area contributed by atoms with Gasteiger partial charge in [0.2, 0.25) is 5.82 Å². The van der Waals surface area contributed by atoms with Gasteiger partial charge in [0.1, 0.15) is 12.1 Å². The molecule has 0 saturated carbocycles. The second-order valence-electron chi connectivity index (χ2n) is 3.30. The molecule has 4 heteroatoms. The Morgan fingerprint density at radius 3 is 2.50 bits per heavy atom. The predicted molar refractivity (Wildman–Crippen MR) is 57.3 cm³/mol. The molecule has 0 amide bonds. The highest BCUT2D eigenvalue weighted by molar-refractivity contribution is 5.34. The number of aromatic amines is 1. The van der Waals surface area contributed by atoms with Crippen molar-refractivity contribution in [1.29, 1.82) is 10.5 Å². The minimum atomic E-state index is 0.183. The molecule has 1 heterocycles. The fourth-order valence-electron chi connectivity index (χ4n) is 1.48. The molecule has 2 rings (SSSR count). The number of rotatable bonds is 2. The number of nitrogens with one attached hydrogen (secondary N) is 1. The number of nitriles is 2. The number of hydrogen-bond donors (Lipinski definition) is 1. The lowest BCUT2D eigenvalue weighted by Gasteiger charge is -1.97. The van der Waals surface area contributed by atoms with E-state index in [-0.39, 0.29) is 5.82 Å². The molecule has 0 radical (unpaired) electrons. The topological polar surface area (TPSA) is 76.3 Å². The van der Waals surface area contributed by atoms with Crippen molar-refractivity contribution in [2.24, 2.45) is 0 Å². The predicted octanol–water partition coefficient (Wildman–Crippen LogP) is 1.74. The lowest BCUT2D eigenvalue weighted by Crippen LogP contribution is -1.91. The largest absolute Gasteiger partial charge is 0.332 e. The van der Waals surface area contributed by atoms with Gasteiger partial charge in [-0.3, -0.25) is 0 Å². The third-order valence-corrected chi connectivity index (χ3v) is 2.21. The van der Waals surface area contributed by atoms with Gasteiger partial charge in [0.05, 0.1) is 5.69 Å². The summed E-state index contributed by atoms with van der Waals surface area (Å²) in [5.41, 5.74) is 2.05. The van der Waals surface area contributed by atoms with Gasteiger partial charge < -0.3 is 4.98 Å². The average molecular weight is 208 g/mol. The Hall–Kier alpha value is -2.59. The Bertz CT molecular complexity index is 569. The van der Waals surface area contributed by atoms with Gasteiger partial charge in [0.25, 0.3) is 0 Å². The van der Waals surface area contributed by atoms with Crippen molar-refractivity contribution in [1.82, 2.24) is 9.97 Å². The van der Waals surface area contributed by atoms with E-state index in [1.54, 1.807) is 0 Å². The fraction of sp³-hybridized carbons (Fsp3) is 0.0833. The molecule has 0 atom stereocenters. The van der Waals surface area contributed by atoms with Crippen molar-refractivity contribution in [3.63, 3.8) is 0 Å². The van der Waals surface area contributed by atoms with Crippen LogP contribution in [0.1, 0.15) is 22.8 Å². The third kappa shape index (κ3) is 1.92. The first-order valence-electron chi connectivity index (χ1n) is 4.76. The van der Waals surface area contributed by atoms with Crippen LogP contribution >= 0.6 is 0 Å². The van der Waals surface area contributed by atoms with E-state index in [0.717, 1.165) is 5.56 Å². The van der Waals surface area contributed by atoms with E-state index in [1.807, 2.05) is 42.5 Å². The molecule has 1 aromatic heterocycles. The summed E-state index contributed by atoms with van der Waals surface area (Å²) in [4.78, 5) is 6.70. The monoisotopic (exact) mass is 208 g/mol. The maximum atomic E-state index is 8.86. The van der Waals surface area contributed by atoms with Crippen LogP contribution in [-0.4, -0.2) is 9.97 Å². The Labute approximate surface area is 92.8 Å². The molecule has 0 aliphatic heterocycles. The lowest BCUT2D eigenvalue weighted by atomic mass is 10.1. The summed E-state index contributed by atoms with van der Waals surface area (Å²) >= 11 is 0. The van der Waals surface area contributed by atoms with Crippen LogP contribution in [0.3, 0.4) is 0 Å². The number of benzene rings is 1. The first-order chi connectivity index (χ1) is 7.83. The van der Waals surface area contributed by atoms with Crippen LogP contribution in [0.15, 0.2) is 30.3 Å². The molecular weight excluding hydrogens is 200 g/mol. The van der Waals surface area contributed by atoms with Crippen LogP contribution in [0.5, 0.6) is 0 Å². The molecule has 1 N–H and O–H groups in total. The first kappa shape index (κ1) is 9.95. The summed E-state index contributed by atoms with van der Waals surface area (Å²) in [6.45, 7) is 0. The molecule has 0 aliphatic rings. The van der Waals surface area contributed by atoms with Gasteiger partial charge in [-0.1, -0.05) is 30.3 Å². The number of hydrogen-bond acceptors (Lipinski definition) is 3. The maximum Gasteiger partial charge on any atom is 0.211 e. The van der Waals surface area contributed by atoms with Crippen molar-refractivity contribution < 1.29 is 0 Å². The van der Waals surface area contributed by atoms with Crippen molar-refractivity contribution in [3.8, 4) is 12.1 Å². The summed E-state index contributed by atoms with van der Waals surface area (Å²) in [6, 6.07) is 13.6. The molecule has 0 unspecified atom stereocenters. The Morgan fingerprint density at radius 1 is 1.12 bits per heavy atom. The van der Waals surface area contributed by atoms with Gasteiger partial charge in [-0.15, -0.1) is 0 Å². The highest BCUT2D eigenvalue weighted by Gasteiger charge is 2.09. The summed E-state index contributed by atoms with van der Waals surface area (Å²) < 4.78 is 0. The standard InChI is InChI=1S/C12H8N4/c13-7-11-10(15-12(8-14)16-11)6-9-4-2-1-3-5-9/h1-5H,6H2,(H,15,16). The minimum absolute atomic E-state index is 0.183. The van der Waals surface area contributed by atoms with Gasteiger partial charge >= 0.3 is 0 Å². The van der Waals surface area contributed by atoms with Gasteiger partial charge in [0.15, 0.2) is 5.69 Å². The van der Waals surface area contributed by atoms with E-state index >= 15 is 0 Å². The van der Waals surface area contributed by atoms with E-state index in [1.165, 1.54) is 0 Å². The highest BCUT2D eigenvalue weighted by Crippen LogP contribution is 2.11. The van der Waals surface area contributed by atoms with Crippen LogP contribution in [0, 0.1) is 22.7 Å². The summed E-state index contributed by atoms with van der Waals surface area (Å²) in [7, 11) is 0. The summed E-state index contributed by atoms with van der Waals surface area (Å²) in [6.07, 6.45) is 0.582. The lowest BCUT2D eigenvalue weighted by molar-refractivity contribution is 1.09. The Balaban J connectivity index is 2.32. The molecule has 0 fully saturated rings. The number of H-pyrrole nitrogens is 1. The zero-order valence-corrected chi connectivity index (χ0v) is 8.44. The number of imidazole rings is 1. The Morgan fingerprint density at radius 2 is 1.88 bits per heavy atom. The van der Waals surface area contributed by atoms with Crippen molar-refractivity contribution in [3.05, 3.63) is 53.1 Å². The molecule has 0 spiro atoms. The molecule has 0 bridgehead atoms. The van der Waals surface area contributed by atoms with Gasteiger partial charge in [-0.05, 0) is 5.56 Å². The normalized spacial score (nSPS) is 9.38. The highest BCUT2D eigenvalue weighted by atomic mass is 14.9. The third-order valence-electron chi connectivity index (χ3n) is 2.21. The molecule has 2 aromatic rings. The molecule has 16 heavy (non-hydrogen) atoms. The zero-order valence-electron chi connectivity index (χ0n) is 8.44. The summed E-state index contributed by atoms with van der Waals surface area (Å²) in [5.74, 6) is 0.183. The van der Waals surface area contributed by atoms with Crippen LogP contribution in [-0.2, 0) is 6.42 Å². The second kappa shape index (κ2) is 4.29. The summed E-state index contributed by atoms with van der Waals surface area (Å²) in [5, 5.41) is 17.5. The van der Waals surface area contributed by atoms with Gasteiger partial charge in [0, 0.05) is 6.42 Å². The van der Waals surface area contributed by atoms with E-state index in [0.29, 0.717) is 17.8 Å². The van der Waals surface area contributed by atoms with Crippen LogP contribution < -0.4 is 0 Å². The van der Waals surface area contributed by atoms with E-state index in [4.69, 9.17) is 10.5 Å². The van der Waals surface area contributed by atoms with E-state index < -0.39 is 0 Å². The smallest absolute Gasteiger partial charge is 0.211 e. The van der Waals surface area contributed by atoms with Gasteiger partial charge in [-0.25, -0.2) is 4.98 Å². The van der Waals surface area contributed by atoms with Crippen LogP contribution in [0.4, 0.5) is 0 Å². The fourth-order valence-corrected chi connectivity index (χ4v) is 1.48. The van der Waals surface area contributed by atoms with E-state index in [2.05, 4.69) is 9.97 Å². The minimum Gasteiger partial charge on any atom is -0.332 e. The molecule has 4 nitrogen and oxygen atoms in total. The van der Waals surface area contributed by atoms with Crippen molar-refractivity contribution in [2.75, 3.05) is 0 Å². The molecule has 1 aromatic carbocycles. The number of aromatic nitrogens is 2. The zero-order chi connectivity index (χ0) is 11.4. The molecule has 76 valence electrons. The van der Waals surface area contributed by atoms with E-state index in [9.17, 15) is 0 Å². The van der Waals surface area contributed by atoms with Crippen molar-refractivity contribution >= 4 is 0 Å². The first-order valence-corrected chi connectivity index (χ1v) is 4.76. The Kier molecular flexibility index (Phi) is 2.67. The quantitative estimate of drug-likeness (QED) is 0.816. The maximum absolute atomic E-state index is 8.86. The average Bonchev–Trinajstić information content (AvgIpc) is 2.73. The second-order valence-corrected chi connectivity index (χ2v) is 3.30. The SMILES string of the molecule is N#Cc1nc(C#N)c(Cc2ccccc2)[nH]1. The van der Waals surface area contributed by atoms with Gasteiger partial charge in [-0.2, -0.15) is 10.5 Å². The molecule has 0 aliphatic carbocycles. The molecular formula is C12H8N4.